The van der Waals surface area contributed by atoms with Crippen LogP contribution in [0.5, 0.6) is 0 Å². The number of amides is 3. The molecule has 0 spiro atoms. The van der Waals surface area contributed by atoms with Crippen LogP contribution >= 0.6 is 0 Å². The van der Waals surface area contributed by atoms with E-state index >= 15 is 0 Å². The number of rotatable bonds is 14. The van der Waals surface area contributed by atoms with Gasteiger partial charge < -0.3 is 25.1 Å². The van der Waals surface area contributed by atoms with Crippen molar-refractivity contribution in [2.75, 3.05) is 11.9 Å². The zero-order chi connectivity index (χ0) is 28.0. The number of carbonyl (C=O) groups excluding carboxylic acids is 3. The summed E-state index contributed by atoms with van der Waals surface area (Å²) in [4.78, 5) is 49.4. The van der Waals surface area contributed by atoms with Gasteiger partial charge in [-0.2, -0.15) is 0 Å². The molecule has 3 rings (SSSR count). The summed E-state index contributed by atoms with van der Waals surface area (Å²) in [6.07, 6.45) is 4.37. The molecule has 1 atom stereocenters. The third-order valence-electron chi connectivity index (χ3n) is 6.29. The van der Waals surface area contributed by atoms with Crippen LogP contribution in [0.2, 0.25) is 0 Å². The van der Waals surface area contributed by atoms with Crippen molar-refractivity contribution in [3.8, 4) is 0 Å². The van der Waals surface area contributed by atoms with Crippen LogP contribution in [0, 0.1) is 6.92 Å². The molecule has 9 heteroatoms. The summed E-state index contributed by atoms with van der Waals surface area (Å²) in [5, 5.41) is 9.13. The highest BCUT2D eigenvalue weighted by molar-refractivity contribution is 5.98. The molecule has 0 saturated heterocycles. The molecule has 208 valence electrons. The molecule has 0 aliphatic rings. The Balaban J connectivity index is 1.59. The largest absolute Gasteiger partial charge is 0.445 e. The molecular formula is C30H37N3O6. The second kappa shape index (κ2) is 15.3. The minimum atomic E-state index is -0.867. The molecule has 2 aromatic carbocycles. The number of unbranched alkanes of at least 4 members (excludes halogenated alkanes) is 3. The molecule has 9 nitrogen and oxygen atoms in total. The van der Waals surface area contributed by atoms with Gasteiger partial charge in [0.1, 0.15) is 18.2 Å². The smallest absolute Gasteiger partial charge is 0.408 e. The van der Waals surface area contributed by atoms with Crippen molar-refractivity contribution in [1.82, 2.24) is 10.6 Å². The van der Waals surface area contributed by atoms with E-state index in [0.29, 0.717) is 43.5 Å². The van der Waals surface area contributed by atoms with E-state index in [0.717, 1.165) is 35.8 Å². The van der Waals surface area contributed by atoms with Crippen LogP contribution in [-0.4, -0.2) is 30.5 Å². The highest BCUT2D eigenvalue weighted by Crippen LogP contribution is 2.21. The van der Waals surface area contributed by atoms with Gasteiger partial charge in [0.05, 0.1) is 0 Å². The van der Waals surface area contributed by atoms with Gasteiger partial charge in [-0.25, -0.2) is 9.59 Å². The molecule has 0 fully saturated rings. The van der Waals surface area contributed by atoms with E-state index in [2.05, 4.69) is 22.9 Å². The normalized spacial score (nSPS) is 11.5. The fourth-order valence-corrected chi connectivity index (χ4v) is 4.13. The van der Waals surface area contributed by atoms with Crippen molar-refractivity contribution in [2.24, 2.45) is 0 Å². The number of hydrogen-bond acceptors (Lipinski definition) is 6. The molecule has 1 aromatic heterocycles. The van der Waals surface area contributed by atoms with Crippen molar-refractivity contribution in [2.45, 2.75) is 71.4 Å². The predicted octanol–water partition coefficient (Wildman–Crippen LogP) is 5.20. The van der Waals surface area contributed by atoms with Gasteiger partial charge in [-0.1, -0.05) is 50.1 Å². The molecule has 3 aromatic rings. The lowest BCUT2D eigenvalue weighted by molar-refractivity contribution is -0.121. The molecule has 3 amide bonds. The molecule has 0 radical (unpaired) electrons. The van der Waals surface area contributed by atoms with Crippen LogP contribution < -0.4 is 21.6 Å². The Kier molecular flexibility index (Phi) is 11.6. The van der Waals surface area contributed by atoms with Gasteiger partial charge in [0.2, 0.25) is 11.8 Å². The first-order valence-corrected chi connectivity index (χ1v) is 13.4. The Morgan fingerprint density at radius 2 is 1.77 bits per heavy atom. The van der Waals surface area contributed by atoms with Gasteiger partial charge in [-0.05, 0) is 55.9 Å². The van der Waals surface area contributed by atoms with Gasteiger partial charge in [-0.15, -0.1) is 0 Å². The number of alkyl carbamates (subject to hydrolysis) is 1. The van der Waals surface area contributed by atoms with Crippen molar-refractivity contribution >= 4 is 34.6 Å². The Morgan fingerprint density at radius 3 is 2.54 bits per heavy atom. The maximum Gasteiger partial charge on any atom is 0.408 e. The first-order chi connectivity index (χ1) is 18.9. The lowest BCUT2D eigenvalue weighted by atomic mass is 10.1. The molecular weight excluding hydrogens is 498 g/mol. The summed E-state index contributed by atoms with van der Waals surface area (Å²) in [5.41, 5.74) is 1.93. The highest BCUT2D eigenvalue weighted by atomic mass is 16.5. The van der Waals surface area contributed by atoms with Crippen LogP contribution in [0.4, 0.5) is 10.5 Å². The fourth-order valence-electron chi connectivity index (χ4n) is 4.13. The maximum atomic E-state index is 13.2. The highest BCUT2D eigenvalue weighted by Gasteiger charge is 2.22. The van der Waals surface area contributed by atoms with Gasteiger partial charge in [0.15, 0.2) is 0 Å². The van der Waals surface area contributed by atoms with E-state index in [1.54, 1.807) is 18.2 Å². The molecule has 1 heterocycles. The quantitative estimate of drug-likeness (QED) is 0.192. The summed E-state index contributed by atoms with van der Waals surface area (Å²) in [6.45, 7) is 4.48. The van der Waals surface area contributed by atoms with E-state index in [-0.39, 0.29) is 12.5 Å². The first kappa shape index (κ1) is 29.4. The summed E-state index contributed by atoms with van der Waals surface area (Å²) < 4.78 is 10.6. The third-order valence-corrected chi connectivity index (χ3v) is 6.29. The molecule has 0 saturated carbocycles. The van der Waals surface area contributed by atoms with Crippen LogP contribution in [-0.2, 0) is 20.9 Å². The monoisotopic (exact) mass is 535 g/mol. The van der Waals surface area contributed by atoms with Gasteiger partial charge in [0.25, 0.3) is 0 Å². The van der Waals surface area contributed by atoms with Crippen molar-refractivity contribution in [1.29, 1.82) is 0 Å². The maximum absolute atomic E-state index is 13.2. The summed E-state index contributed by atoms with van der Waals surface area (Å²) in [5.74, 6) is -0.400. The molecule has 0 unspecified atom stereocenters. The third kappa shape index (κ3) is 9.92. The first-order valence-electron chi connectivity index (χ1n) is 13.4. The average Bonchev–Trinajstić information content (AvgIpc) is 2.91. The zero-order valence-corrected chi connectivity index (χ0v) is 22.6. The molecule has 39 heavy (non-hydrogen) atoms. The predicted molar refractivity (Wildman–Crippen MR) is 150 cm³/mol. The van der Waals surface area contributed by atoms with Crippen LogP contribution in [0.25, 0.3) is 11.0 Å². The van der Waals surface area contributed by atoms with Crippen molar-refractivity contribution < 1.29 is 23.5 Å². The van der Waals surface area contributed by atoms with Gasteiger partial charge in [-0.3, -0.25) is 9.59 Å². The number of carbonyl (C=O) groups is 3. The fraction of sp³-hybridized carbons (Fsp3) is 0.400. The topological polar surface area (TPSA) is 127 Å². The van der Waals surface area contributed by atoms with E-state index in [4.69, 9.17) is 9.15 Å². The van der Waals surface area contributed by atoms with Gasteiger partial charge in [0, 0.05) is 36.2 Å². The minimum absolute atomic E-state index is 0.0264. The van der Waals surface area contributed by atoms with E-state index < -0.39 is 23.7 Å². The van der Waals surface area contributed by atoms with Gasteiger partial charge >= 0.3 is 11.7 Å². The summed E-state index contributed by atoms with van der Waals surface area (Å²) in [6, 6.07) is 14.9. The number of ether oxygens (including phenoxy) is 1. The number of aryl methyl sites for hydroxylation is 1. The summed E-state index contributed by atoms with van der Waals surface area (Å²) in [7, 11) is 0. The standard InChI is InChI=1S/C30H37N3O6/c1-3-4-6-14-27(34)31-17-10-9-13-25(33-30(37)38-20-22-11-7-5-8-12-22)29(36)32-23-15-16-24-21(2)18-28(35)39-26(24)19-23/h5,7-8,11-12,15-16,18-19,25H,3-4,6,9-10,13-14,17,20H2,1-2H3,(H,31,34)(H,32,36)(H,33,37)/t25-/m0/s1. The van der Waals surface area contributed by atoms with Crippen molar-refractivity contribution in [3.63, 3.8) is 0 Å². The van der Waals surface area contributed by atoms with Crippen LogP contribution in [0.1, 0.15) is 63.0 Å². The lowest BCUT2D eigenvalue weighted by Gasteiger charge is -2.19. The SMILES string of the molecule is CCCCCC(=O)NCCCC[C@H](NC(=O)OCc1ccccc1)C(=O)Nc1ccc2c(C)cc(=O)oc2c1. The van der Waals surface area contributed by atoms with E-state index in [1.165, 1.54) is 6.07 Å². The Hall–Kier alpha value is -4.14. The number of anilines is 1. The molecule has 0 bridgehead atoms. The molecule has 0 aliphatic heterocycles. The second-order valence-corrected chi connectivity index (χ2v) is 9.51. The van der Waals surface area contributed by atoms with E-state index in [1.807, 2.05) is 37.3 Å². The lowest BCUT2D eigenvalue weighted by Crippen LogP contribution is -2.44. The van der Waals surface area contributed by atoms with Crippen LogP contribution in [0.15, 0.2) is 63.8 Å². The Bertz CT molecular complexity index is 1310. The average molecular weight is 536 g/mol. The van der Waals surface area contributed by atoms with Crippen LogP contribution in [0.3, 0.4) is 0 Å². The van der Waals surface area contributed by atoms with E-state index in [9.17, 15) is 19.2 Å². The number of hydrogen-bond donors (Lipinski definition) is 3. The number of nitrogens with one attached hydrogen (secondary N) is 3. The summed E-state index contributed by atoms with van der Waals surface area (Å²) >= 11 is 0. The Labute approximate surface area is 228 Å². The minimum Gasteiger partial charge on any atom is -0.445 e. The molecule has 3 N–H and O–H groups in total. The van der Waals surface area contributed by atoms with Crippen molar-refractivity contribution in [3.05, 3.63) is 76.1 Å². The zero-order valence-electron chi connectivity index (χ0n) is 22.6. The molecule has 0 aliphatic carbocycles. The number of benzene rings is 2. The number of fused-ring (bicyclic) bond motifs is 1. The second-order valence-electron chi connectivity index (χ2n) is 9.51. The Morgan fingerprint density at radius 1 is 0.974 bits per heavy atom.